The lowest BCUT2D eigenvalue weighted by atomic mass is 10.1. The molecule has 0 heterocycles. The topological polar surface area (TPSA) is 66.4 Å². The number of aliphatic carboxylic acids is 1. The van der Waals surface area contributed by atoms with Gasteiger partial charge in [-0.15, -0.1) is 0 Å². The molecule has 0 unspecified atom stereocenters. The van der Waals surface area contributed by atoms with Crippen LogP contribution in [0.5, 0.6) is 0 Å². The molecule has 2 N–H and O–H groups in total. The number of rotatable bonds is 4. The van der Waals surface area contributed by atoms with Gasteiger partial charge in [0.2, 0.25) is 5.91 Å². The molecule has 0 fully saturated rings. The number of halogens is 1. The Hall–Kier alpha value is -1.81. The summed E-state index contributed by atoms with van der Waals surface area (Å²) in [6, 6.07) is 5.41. The highest BCUT2D eigenvalue weighted by Gasteiger charge is 2.27. The molecule has 1 aromatic carbocycles. The molecule has 0 aliphatic carbocycles. The highest BCUT2D eigenvalue weighted by Crippen LogP contribution is 2.17. The van der Waals surface area contributed by atoms with Crippen molar-refractivity contribution in [3.63, 3.8) is 0 Å². The second-order valence-electron chi connectivity index (χ2n) is 4.76. The molecular formula is C14H16ClNO3. The lowest BCUT2D eigenvalue weighted by Crippen LogP contribution is -2.49. The Morgan fingerprint density at radius 3 is 2.53 bits per heavy atom. The Balaban J connectivity index is 2.74. The van der Waals surface area contributed by atoms with Gasteiger partial charge >= 0.3 is 5.97 Å². The van der Waals surface area contributed by atoms with Gasteiger partial charge in [0.25, 0.3) is 0 Å². The molecule has 19 heavy (non-hydrogen) atoms. The molecule has 0 aromatic heterocycles. The van der Waals surface area contributed by atoms with Crippen molar-refractivity contribution in [3.8, 4) is 0 Å². The highest BCUT2D eigenvalue weighted by molar-refractivity contribution is 6.31. The standard InChI is InChI=1S/C14H16ClNO3/c1-9-4-5-10(8-11(9)15)6-7-12(17)16-14(2,3)13(18)19/h4-8H,1-3H3,(H,16,17)(H,18,19). The highest BCUT2D eigenvalue weighted by atomic mass is 35.5. The van der Waals surface area contributed by atoms with Gasteiger partial charge in [-0.25, -0.2) is 4.79 Å². The van der Waals surface area contributed by atoms with Gasteiger partial charge in [-0.2, -0.15) is 0 Å². The zero-order valence-electron chi connectivity index (χ0n) is 11.0. The average molecular weight is 282 g/mol. The van der Waals surface area contributed by atoms with Gasteiger partial charge in [0.15, 0.2) is 0 Å². The molecule has 0 aliphatic rings. The van der Waals surface area contributed by atoms with Crippen molar-refractivity contribution < 1.29 is 14.7 Å². The molecule has 0 bridgehead atoms. The summed E-state index contributed by atoms with van der Waals surface area (Å²) in [5.41, 5.74) is 0.431. The maximum absolute atomic E-state index is 11.6. The van der Waals surface area contributed by atoms with Crippen LogP contribution in [0.15, 0.2) is 24.3 Å². The number of nitrogens with one attached hydrogen (secondary N) is 1. The molecule has 102 valence electrons. The minimum Gasteiger partial charge on any atom is -0.480 e. The molecule has 1 aromatic rings. The molecule has 0 saturated carbocycles. The van der Waals surface area contributed by atoms with E-state index < -0.39 is 17.4 Å². The second kappa shape index (κ2) is 5.89. The molecule has 0 atom stereocenters. The van der Waals surface area contributed by atoms with E-state index >= 15 is 0 Å². The van der Waals surface area contributed by atoms with E-state index in [4.69, 9.17) is 16.7 Å². The van der Waals surface area contributed by atoms with Gasteiger partial charge in [0, 0.05) is 11.1 Å². The average Bonchev–Trinajstić information content (AvgIpc) is 2.30. The maximum Gasteiger partial charge on any atom is 0.328 e. The number of carboxylic acid groups (broad SMARTS) is 1. The van der Waals surface area contributed by atoms with E-state index in [9.17, 15) is 9.59 Å². The van der Waals surface area contributed by atoms with Gasteiger partial charge in [-0.3, -0.25) is 4.79 Å². The monoisotopic (exact) mass is 281 g/mol. The van der Waals surface area contributed by atoms with Crippen molar-refractivity contribution in [1.29, 1.82) is 0 Å². The maximum atomic E-state index is 11.6. The van der Waals surface area contributed by atoms with Crippen LogP contribution in [0.2, 0.25) is 5.02 Å². The number of amides is 1. The van der Waals surface area contributed by atoms with Crippen molar-refractivity contribution in [2.45, 2.75) is 26.3 Å². The van der Waals surface area contributed by atoms with Gasteiger partial charge < -0.3 is 10.4 Å². The van der Waals surface area contributed by atoms with Gasteiger partial charge in [-0.05, 0) is 44.0 Å². The van der Waals surface area contributed by atoms with E-state index in [0.29, 0.717) is 5.02 Å². The lowest BCUT2D eigenvalue weighted by molar-refractivity contribution is -0.145. The molecule has 4 nitrogen and oxygen atoms in total. The van der Waals surface area contributed by atoms with Crippen LogP contribution in [0, 0.1) is 6.92 Å². The van der Waals surface area contributed by atoms with E-state index in [0.717, 1.165) is 11.1 Å². The number of carboxylic acids is 1. The summed E-state index contributed by atoms with van der Waals surface area (Å²) in [6.45, 7) is 4.73. The minimum absolute atomic E-state index is 0.468. The van der Waals surface area contributed by atoms with Gasteiger partial charge in [0.1, 0.15) is 5.54 Å². The Kier molecular flexibility index (Phi) is 4.72. The third-order valence-electron chi connectivity index (χ3n) is 2.59. The first-order chi connectivity index (χ1) is 8.72. The fourth-order valence-electron chi connectivity index (χ4n) is 1.29. The predicted octanol–water partition coefficient (Wildman–Crippen LogP) is 2.64. The van der Waals surface area contributed by atoms with Crippen LogP contribution in [-0.2, 0) is 9.59 Å². The SMILES string of the molecule is Cc1ccc(C=CC(=O)NC(C)(C)C(=O)O)cc1Cl. The first-order valence-electron chi connectivity index (χ1n) is 5.72. The third-order valence-corrected chi connectivity index (χ3v) is 3.00. The zero-order chi connectivity index (χ0) is 14.6. The predicted molar refractivity (Wildman–Crippen MR) is 75.1 cm³/mol. The van der Waals surface area contributed by atoms with E-state index in [-0.39, 0.29) is 0 Å². The fraction of sp³-hybridized carbons (Fsp3) is 0.286. The summed E-state index contributed by atoms with van der Waals surface area (Å²) in [5, 5.41) is 11.9. The number of carbonyl (C=O) groups is 2. The van der Waals surface area contributed by atoms with Crippen LogP contribution in [0.25, 0.3) is 6.08 Å². The van der Waals surface area contributed by atoms with Crippen LogP contribution in [0.3, 0.4) is 0 Å². The number of carbonyl (C=O) groups excluding carboxylic acids is 1. The Morgan fingerprint density at radius 1 is 1.37 bits per heavy atom. The first kappa shape index (κ1) is 15.2. The smallest absolute Gasteiger partial charge is 0.328 e. The van der Waals surface area contributed by atoms with Crippen molar-refractivity contribution >= 4 is 29.6 Å². The molecule has 1 rings (SSSR count). The molecule has 0 saturated heterocycles. The molecule has 0 aliphatic heterocycles. The number of hydrogen-bond donors (Lipinski definition) is 2. The van der Waals surface area contributed by atoms with E-state index in [2.05, 4.69) is 5.32 Å². The Bertz CT molecular complexity index is 535. The lowest BCUT2D eigenvalue weighted by Gasteiger charge is -2.19. The molecule has 0 spiro atoms. The molecule has 1 amide bonds. The van der Waals surface area contributed by atoms with Crippen LogP contribution in [-0.4, -0.2) is 22.5 Å². The third kappa shape index (κ3) is 4.41. The quantitative estimate of drug-likeness (QED) is 0.834. The van der Waals surface area contributed by atoms with Crippen LogP contribution < -0.4 is 5.32 Å². The molecule has 0 radical (unpaired) electrons. The van der Waals surface area contributed by atoms with Crippen molar-refractivity contribution in [1.82, 2.24) is 5.32 Å². The zero-order valence-corrected chi connectivity index (χ0v) is 11.8. The van der Waals surface area contributed by atoms with Crippen molar-refractivity contribution in [2.75, 3.05) is 0 Å². The van der Waals surface area contributed by atoms with Crippen LogP contribution >= 0.6 is 11.6 Å². The summed E-state index contributed by atoms with van der Waals surface area (Å²) >= 11 is 5.97. The molecular weight excluding hydrogens is 266 g/mol. The summed E-state index contributed by atoms with van der Waals surface area (Å²) in [5.74, 6) is -1.56. The Labute approximate surface area is 117 Å². The molecule has 5 heteroatoms. The number of hydrogen-bond acceptors (Lipinski definition) is 2. The van der Waals surface area contributed by atoms with Gasteiger partial charge in [0.05, 0.1) is 0 Å². The van der Waals surface area contributed by atoms with Crippen molar-refractivity contribution in [3.05, 3.63) is 40.4 Å². The summed E-state index contributed by atoms with van der Waals surface area (Å²) in [7, 11) is 0. The van der Waals surface area contributed by atoms with Crippen LogP contribution in [0.4, 0.5) is 0 Å². The minimum atomic E-state index is -1.30. The number of benzene rings is 1. The van der Waals surface area contributed by atoms with Gasteiger partial charge in [-0.1, -0.05) is 23.7 Å². The summed E-state index contributed by atoms with van der Waals surface area (Å²) in [4.78, 5) is 22.5. The van der Waals surface area contributed by atoms with E-state index in [1.165, 1.54) is 19.9 Å². The normalized spacial score (nSPS) is 11.6. The van der Waals surface area contributed by atoms with Crippen LogP contribution in [0.1, 0.15) is 25.0 Å². The Morgan fingerprint density at radius 2 is 2.00 bits per heavy atom. The van der Waals surface area contributed by atoms with E-state index in [1.54, 1.807) is 12.1 Å². The van der Waals surface area contributed by atoms with E-state index in [1.807, 2.05) is 19.1 Å². The first-order valence-corrected chi connectivity index (χ1v) is 6.10. The summed E-state index contributed by atoms with van der Waals surface area (Å²) in [6.07, 6.45) is 2.87. The second-order valence-corrected chi connectivity index (χ2v) is 5.17. The summed E-state index contributed by atoms with van der Waals surface area (Å²) < 4.78 is 0. The number of aryl methyl sites for hydroxylation is 1. The van der Waals surface area contributed by atoms with Crippen molar-refractivity contribution in [2.24, 2.45) is 0 Å². The largest absolute Gasteiger partial charge is 0.480 e. The fourth-order valence-corrected chi connectivity index (χ4v) is 1.48.